The largest absolute Gasteiger partial charge is 0.301 e. The maximum absolute atomic E-state index is 3.79. The molecule has 0 aliphatic rings. The van der Waals surface area contributed by atoms with E-state index in [9.17, 15) is 0 Å². The third-order valence-electron chi connectivity index (χ3n) is 0.753. The van der Waals surface area contributed by atoms with Crippen molar-refractivity contribution in [1.82, 2.24) is 10.4 Å². The van der Waals surface area contributed by atoms with Gasteiger partial charge in [0.1, 0.15) is 6.34 Å². The van der Waals surface area contributed by atoms with E-state index in [0.717, 1.165) is 6.54 Å². The molecule has 0 aromatic heterocycles. The molecule has 0 saturated heterocycles. The quantitative estimate of drug-likeness (QED) is 0.340. The van der Waals surface area contributed by atoms with Gasteiger partial charge in [-0.3, -0.25) is 0 Å². The molecule has 0 aliphatic carbocycles. The first-order valence-corrected chi connectivity index (χ1v) is 2.91. The van der Waals surface area contributed by atoms with Gasteiger partial charge < -0.3 is 5.01 Å². The van der Waals surface area contributed by atoms with Gasteiger partial charge in [-0.05, 0) is 0 Å². The van der Waals surface area contributed by atoms with Crippen LogP contribution in [0.2, 0.25) is 0 Å². The van der Waals surface area contributed by atoms with Gasteiger partial charge in [0.25, 0.3) is 0 Å². The molecule has 0 rings (SSSR count). The maximum Gasteiger partial charge on any atom is 0.104 e. The fraction of sp³-hybridized carbons (Fsp3) is 0.500. The van der Waals surface area contributed by atoms with E-state index < -0.39 is 0 Å². The Balaban J connectivity index is 3.35. The minimum absolute atomic E-state index is 0.902. The summed E-state index contributed by atoms with van der Waals surface area (Å²) >= 11 is 0. The highest BCUT2D eigenvalue weighted by molar-refractivity contribution is 5.54. The molecule has 3 nitrogen and oxygen atoms in total. The highest BCUT2D eigenvalue weighted by Crippen LogP contribution is 1.68. The molecule has 0 heterocycles. The van der Waals surface area contributed by atoms with E-state index in [1.165, 1.54) is 6.20 Å². The van der Waals surface area contributed by atoms with Crippen LogP contribution in [-0.4, -0.2) is 24.9 Å². The van der Waals surface area contributed by atoms with Crippen LogP contribution in [0.1, 0.15) is 6.92 Å². The lowest BCUT2D eigenvalue weighted by atomic mass is 10.8. The van der Waals surface area contributed by atoms with Crippen molar-refractivity contribution in [2.75, 3.05) is 13.6 Å². The number of hydrogen-bond acceptors (Lipinski definition) is 2. The molecule has 0 unspecified atom stereocenters. The van der Waals surface area contributed by atoms with Crippen LogP contribution < -0.4 is 5.43 Å². The number of rotatable bonds is 4. The summed E-state index contributed by atoms with van der Waals surface area (Å²) in [7, 11) is 1.89. The summed E-state index contributed by atoms with van der Waals surface area (Å²) < 4.78 is 0. The van der Waals surface area contributed by atoms with Gasteiger partial charge >= 0.3 is 0 Å². The Bertz CT molecular complexity index is 98.5. The first-order chi connectivity index (χ1) is 4.31. The molecule has 52 valence electrons. The summed E-state index contributed by atoms with van der Waals surface area (Å²) in [5.41, 5.74) is 3.02. The Morgan fingerprint density at radius 2 is 2.44 bits per heavy atom. The van der Waals surface area contributed by atoms with Crippen molar-refractivity contribution >= 4 is 6.34 Å². The molecular weight excluding hydrogens is 114 g/mol. The lowest BCUT2D eigenvalue weighted by Gasteiger charge is -2.11. The van der Waals surface area contributed by atoms with Crippen LogP contribution in [0.15, 0.2) is 17.8 Å². The second-order valence-corrected chi connectivity index (χ2v) is 1.57. The monoisotopic (exact) mass is 127 g/mol. The van der Waals surface area contributed by atoms with Gasteiger partial charge in [0.05, 0.1) is 0 Å². The number of hydrogen-bond donors (Lipinski definition) is 1. The van der Waals surface area contributed by atoms with E-state index >= 15 is 0 Å². The molecule has 0 saturated carbocycles. The number of nitrogens with zero attached hydrogens (tertiary/aromatic N) is 2. The fourth-order valence-corrected chi connectivity index (χ4v) is 0.437. The third kappa shape index (κ3) is 5.03. The summed E-state index contributed by atoms with van der Waals surface area (Å²) in [5, 5.41) is 1.78. The van der Waals surface area contributed by atoms with E-state index in [4.69, 9.17) is 0 Å². The maximum atomic E-state index is 3.79. The highest BCUT2D eigenvalue weighted by atomic mass is 15.5. The Morgan fingerprint density at radius 3 is 2.89 bits per heavy atom. The van der Waals surface area contributed by atoms with Gasteiger partial charge in [0.15, 0.2) is 0 Å². The molecule has 0 amide bonds. The van der Waals surface area contributed by atoms with Crippen LogP contribution in [0, 0.1) is 0 Å². The van der Waals surface area contributed by atoms with Crippen LogP contribution in [-0.2, 0) is 0 Å². The predicted octanol–water partition coefficient (Wildman–Crippen LogP) is 0.615. The average molecular weight is 127 g/mol. The molecule has 0 spiro atoms. The summed E-state index contributed by atoms with van der Waals surface area (Å²) in [4.78, 5) is 3.79. The Morgan fingerprint density at radius 1 is 1.78 bits per heavy atom. The Labute approximate surface area is 56.0 Å². The highest BCUT2D eigenvalue weighted by Gasteiger charge is 1.81. The summed E-state index contributed by atoms with van der Waals surface area (Å²) in [6, 6.07) is 0. The zero-order chi connectivity index (χ0) is 7.11. The normalized spacial score (nSPS) is 10.0. The molecule has 1 N–H and O–H groups in total. The van der Waals surface area contributed by atoms with E-state index in [0.29, 0.717) is 0 Å². The van der Waals surface area contributed by atoms with Crippen LogP contribution in [0.3, 0.4) is 0 Å². The van der Waals surface area contributed by atoms with Gasteiger partial charge in [0.2, 0.25) is 0 Å². The van der Waals surface area contributed by atoms with Crippen molar-refractivity contribution in [3.05, 3.63) is 12.8 Å². The molecule has 9 heavy (non-hydrogen) atoms. The van der Waals surface area contributed by atoms with Crippen molar-refractivity contribution in [2.45, 2.75) is 6.92 Å². The van der Waals surface area contributed by atoms with Gasteiger partial charge in [0, 0.05) is 19.8 Å². The van der Waals surface area contributed by atoms with E-state index in [1.54, 1.807) is 11.3 Å². The molecule has 0 atom stereocenters. The lowest BCUT2D eigenvalue weighted by molar-refractivity contribution is 0.389. The second kappa shape index (κ2) is 5.31. The fourth-order valence-electron chi connectivity index (χ4n) is 0.437. The number of hydrazine groups is 1. The lowest BCUT2D eigenvalue weighted by Crippen LogP contribution is -2.32. The molecule has 0 radical (unpaired) electrons. The average Bonchev–Trinajstić information content (AvgIpc) is 1.85. The van der Waals surface area contributed by atoms with Crippen molar-refractivity contribution in [3.63, 3.8) is 0 Å². The minimum Gasteiger partial charge on any atom is -0.301 e. The van der Waals surface area contributed by atoms with Crippen LogP contribution >= 0.6 is 0 Å². The zero-order valence-electron chi connectivity index (χ0n) is 5.96. The summed E-state index contributed by atoms with van der Waals surface area (Å²) in [6.07, 6.45) is 3.16. The summed E-state index contributed by atoms with van der Waals surface area (Å²) in [6.45, 7) is 6.37. The topological polar surface area (TPSA) is 27.6 Å². The standard InChI is InChI=1S/C6H13N3/c1-4-7-6-9(3)8-5-2/h4,6,8H,1,5H2,2-3H3. The van der Waals surface area contributed by atoms with Gasteiger partial charge in [-0.1, -0.05) is 13.5 Å². The minimum atomic E-state index is 0.902. The zero-order valence-corrected chi connectivity index (χ0v) is 5.96. The first kappa shape index (κ1) is 8.17. The Kier molecular flexibility index (Phi) is 4.82. The van der Waals surface area contributed by atoms with E-state index in [2.05, 4.69) is 17.0 Å². The van der Waals surface area contributed by atoms with Gasteiger partial charge in [-0.15, -0.1) is 0 Å². The molecule has 0 aromatic rings. The molecule has 3 heteroatoms. The Hall–Kier alpha value is -0.830. The number of nitrogens with one attached hydrogen (secondary N) is 1. The first-order valence-electron chi connectivity index (χ1n) is 2.91. The SMILES string of the molecule is C=CN=CN(C)NCC. The molecule has 0 bridgehead atoms. The second-order valence-electron chi connectivity index (χ2n) is 1.57. The molecule has 0 fully saturated rings. The van der Waals surface area contributed by atoms with Crippen LogP contribution in [0.25, 0.3) is 0 Å². The number of aliphatic imine (C=N–C) groups is 1. The smallest absolute Gasteiger partial charge is 0.104 e. The van der Waals surface area contributed by atoms with Crippen LogP contribution in [0.4, 0.5) is 0 Å². The van der Waals surface area contributed by atoms with Gasteiger partial charge in [-0.25, -0.2) is 10.4 Å². The van der Waals surface area contributed by atoms with Crippen LogP contribution in [0.5, 0.6) is 0 Å². The molecule has 0 aromatic carbocycles. The van der Waals surface area contributed by atoms with E-state index in [1.807, 2.05) is 14.0 Å². The molecule has 0 aliphatic heterocycles. The molecular formula is C6H13N3. The van der Waals surface area contributed by atoms with E-state index in [-0.39, 0.29) is 0 Å². The van der Waals surface area contributed by atoms with Crippen molar-refractivity contribution < 1.29 is 0 Å². The predicted molar refractivity (Wildman–Crippen MR) is 40.1 cm³/mol. The summed E-state index contributed by atoms with van der Waals surface area (Å²) in [5.74, 6) is 0. The third-order valence-corrected chi connectivity index (χ3v) is 0.753. The van der Waals surface area contributed by atoms with Crippen molar-refractivity contribution in [1.29, 1.82) is 0 Å². The van der Waals surface area contributed by atoms with Crippen molar-refractivity contribution in [3.8, 4) is 0 Å². The van der Waals surface area contributed by atoms with Crippen molar-refractivity contribution in [2.24, 2.45) is 4.99 Å². The van der Waals surface area contributed by atoms with Gasteiger partial charge in [-0.2, -0.15) is 0 Å².